The Morgan fingerprint density at radius 1 is 0.347 bits per heavy atom. The lowest BCUT2D eigenvalue weighted by Crippen LogP contribution is -2.13. The molecule has 0 unspecified atom stereocenters. The van der Waals surface area contributed by atoms with Crippen LogP contribution in [0.5, 0.6) is 0 Å². The van der Waals surface area contributed by atoms with Gasteiger partial charge in [0.25, 0.3) is 0 Å². The molecule has 3 heteroatoms. The molecule has 11 aromatic carbocycles. The van der Waals surface area contributed by atoms with E-state index in [2.05, 4.69) is 287 Å². The number of nitrogens with zero attached hydrogens (tertiary/aromatic N) is 2. The van der Waals surface area contributed by atoms with Gasteiger partial charge in [0.15, 0.2) is 0 Å². The molecule has 3 nitrogen and oxygen atoms in total. The highest BCUT2D eigenvalue weighted by Crippen LogP contribution is 2.46. The lowest BCUT2D eigenvalue weighted by molar-refractivity contribution is 0.590. The number of hydrogen-bond acceptors (Lipinski definition) is 3. The summed E-state index contributed by atoms with van der Waals surface area (Å²) < 4.78 is 6.87. The molecule has 0 N–H and O–H groups in total. The van der Waals surface area contributed by atoms with Crippen molar-refractivity contribution in [3.63, 3.8) is 0 Å². The summed E-state index contributed by atoms with van der Waals surface area (Å²) in [5.41, 5.74) is 18.0. The van der Waals surface area contributed by atoms with Gasteiger partial charge in [-0.2, -0.15) is 0 Å². The molecule has 12 rings (SSSR count). The zero-order chi connectivity index (χ0) is 48.9. The molecule has 0 amide bonds. The number of furan rings is 1. The zero-order valence-electron chi connectivity index (χ0n) is 41.5. The highest BCUT2D eigenvalue weighted by molar-refractivity contribution is 6.14. The van der Waals surface area contributed by atoms with Gasteiger partial charge < -0.3 is 14.2 Å². The minimum Gasteiger partial charge on any atom is -0.456 e. The van der Waals surface area contributed by atoms with Crippen molar-refractivity contribution in [1.82, 2.24) is 0 Å². The molecule has 0 aliphatic rings. The van der Waals surface area contributed by atoms with Crippen molar-refractivity contribution >= 4 is 77.6 Å². The van der Waals surface area contributed by atoms with Crippen LogP contribution in [0.2, 0.25) is 0 Å². The molecule has 0 fully saturated rings. The Hall–Kier alpha value is -8.66. The van der Waals surface area contributed by atoms with Crippen LogP contribution in [0.25, 0.3) is 76.9 Å². The summed E-state index contributed by atoms with van der Waals surface area (Å²) in [5.74, 6) is 0.460. The van der Waals surface area contributed by atoms with Crippen molar-refractivity contribution < 1.29 is 4.42 Å². The number of fused-ring (bicyclic) bond motifs is 5. The monoisotopic (exact) mass is 928 g/mol. The van der Waals surface area contributed by atoms with Crippen molar-refractivity contribution in [2.75, 3.05) is 9.80 Å². The van der Waals surface area contributed by atoms with Crippen molar-refractivity contribution in [1.29, 1.82) is 0 Å². The zero-order valence-corrected chi connectivity index (χ0v) is 41.5. The molecule has 1 heterocycles. The second-order valence-electron chi connectivity index (χ2n) is 20.4. The van der Waals surface area contributed by atoms with Crippen LogP contribution in [0.3, 0.4) is 0 Å². The fraction of sp³-hybridized carbons (Fsp3) is 0.101. The highest BCUT2D eigenvalue weighted by atomic mass is 16.3. The van der Waals surface area contributed by atoms with Crippen LogP contribution in [-0.4, -0.2) is 0 Å². The van der Waals surface area contributed by atoms with Crippen LogP contribution in [0.1, 0.15) is 51.7 Å². The van der Waals surface area contributed by atoms with Gasteiger partial charge in [-0.1, -0.05) is 192 Å². The van der Waals surface area contributed by atoms with Crippen molar-refractivity contribution in [2.45, 2.75) is 46.0 Å². The Bertz CT molecular complexity index is 3920. The molecule has 0 aliphatic heterocycles. The van der Waals surface area contributed by atoms with E-state index >= 15 is 0 Å². The van der Waals surface area contributed by atoms with E-state index in [1.54, 1.807) is 0 Å². The topological polar surface area (TPSA) is 19.6 Å². The normalized spacial score (nSPS) is 11.8. The van der Waals surface area contributed by atoms with Gasteiger partial charge in [-0.3, -0.25) is 0 Å². The maximum absolute atomic E-state index is 6.87. The Morgan fingerprint density at radius 2 is 0.806 bits per heavy atom. The standard InChI is InChI=1S/C69H56N2O/c1-46(2)47-27-29-50(30-28-47)62-24-13-15-26-66(62)71(58-22-16-21-51(39-58)48-17-8-6-9-18-48)60-36-32-53-43-64-63-42-52-31-35-59(40-54(52)44-67(63)72-68(64)45-55(53)41-60)70(57-37-33-56(34-38-57)69(3,4)5)65-25-14-12-23-61(65)49-19-10-7-11-20-49/h6-46H,1-5H3. The van der Waals surface area contributed by atoms with E-state index in [9.17, 15) is 0 Å². The first kappa shape index (κ1) is 44.5. The number of rotatable bonds is 10. The second-order valence-corrected chi connectivity index (χ2v) is 20.4. The molecule has 0 atom stereocenters. The van der Waals surface area contributed by atoms with Crippen LogP contribution in [0, 0.1) is 0 Å². The molecule has 0 aliphatic carbocycles. The lowest BCUT2D eigenvalue weighted by atomic mass is 9.87. The van der Waals surface area contributed by atoms with Gasteiger partial charge in [-0.15, -0.1) is 0 Å². The third kappa shape index (κ3) is 8.37. The summed E-state index contributed by atoms with van der Waals surface area (Å²) in [6.07, 6.45) is 0. The molecule has 0 spiro atoms. The van der Waals surface area contributed by atoms with E-state index in [0.29, 0.717) is 5.92 Å². The summed E-state index contributed by atoms with van der Waals surface area (Å²) in [6, 6.07) is 88.5. The Labute approximate surface area is 422 Å². The predicted molar refractivity (Wildman–Crippen MR) is 307 cm³/mol. The first-order valence-electron chi connectivity index (χ1n) is 25.2. The summed E-state index contributed by atoms with van der Waals surface area (Å²) in [4.78, 5) is 4.80. The molecule has 0 radical (unpaired) electrons. The highest BCUT2D eigenvalue weighted by Gasteiger charge is 2.22. The summed E-state index contributed by atoms with van der Waals surface area (Å²) in [7, 11) is 0. The van der Waals surface area contributed by atoms with E-state index in [1.165, 1.54) is 44.5 Å². The van der Waals surface area contributed by atoms with Gasteiger partial charge in [-0.25, -0.2) is 0 Å². The fourth-order valence-corrected chi connectivity index (χ4v) is 10.4. The van der Waals surface area contributed by atoms with E-state index in [1.807, 2.05) is 0 Å². The summed E-state index contributed by atoms with van der Waals surface area (Å²) in [5, 5.41) is 6.76. The molecule has 72 heavy (non-hydrogen) atoms. The van der Waals surface area contributed by atoms with Crippen LogP contribution in [0.15, 0.2) is 247 Å². The minimum atomic E-state index is 0.0447. The molecular formula is C69H56N2O. The van der Waals surface area contributed by atoms with Gasteiger partial charge in [0.05, 0.1) is 11.4 Å². The average Bonchev–Trinajstić information content (AvgIpc) is 3.76. The van der Waals surface area contributed by atoms with E-state index in [4.69, 9.17) is 4.42 Å². The number of benzene rings is 11. The molecule has 0 saturated carbocycles. The summed E-state index contributed by atoms with van der Waals surface area (Å²) >= 11 is 0. The first-order valence-corrected chi connectivity index (χ1v) is 25.2. The van der Waals surface area contributed by atoms with Crippen LogP contribution < -0.4 is 9.80 Å². The number of para-hydroxylation sites is 2. The minimum absolute atomic E-state index is 0.0447. The van der Waals surface area contributed by atoms with E-state index < -0.39 is 0 Å². The van der Waals surface area contributed by atoms with Crippen LogP contribution in [-0.2, 0) is 5.41 Å². The Morgan fingerprint density at radius 3 is 1.35 bits per heavy atom. The van der Waals surface area contributed by atoms with Crippen LogP contribution in [0.4, 0.5) is 34.1 Å². The molecule has 0 bridgehead atoms. The fourth-order valence-electron chi connectivity index (χ4n) is 10.4. The van der Waals surface area contributed by atoms with Crippen molar-refractivity contribution in [2.24, 2.45) is 0 Å². The summed E-state index contributed by atoms with van der Waals surface area (Å²) in [6.45, 7) is 11.3. The quantitative estimate of drug-likeness (QED) is 0.136. The smallest absolute Gasteiger partial charge is 0.136 e. The first-order chi connectivity index (χ1) is 35.1. The lowest BCUT2D eigenvalue weighted by Gasteiger charge is -2.29. The molecule has 1 aromatic heterocycles. The molecular weight excluding hydrogens is 873 g/mol. The number of hydrogen-bond donors (Lipinski definition) is 0. The van der Waals surface area contributed by atoms with E-state index in [0.717, 1.165) is 77.6 Å². The third-order valence-electron chi connectivity index (χ3n) is 14.3. The van der Waals surface area contributed by atoms with Gasteiger partial charge in [0.2, 0.25) is 0 Å². The maximum atomic E-state index is 6.87. The van der Waals surface area contributed by atoms with Gasteiger partial charge in [0.1, 0.15) is 11.2 Å². The Balaban J connectivity index is 0.972. The largest absolute Gasteiger partial charge is 0.456 e. The van der Waals surface area contributed by atoms with Gasteiger partial charge in [-0.05, 0) is 151 Å². The average molecular weight is 929 g/mol. The Kier molecular flexibility index (Phi) is 11.3. The van der Waals surface area contributed by atoms with Crippen LogP contribution >= 0.6 is 0 Å². The molecule has 0 saturated heterocycles. The molecule has 348 valence electrons. The molecule has 12 aromatic rings. The second kappa shape index (κ2) is 18.3. The number of anilines is 6. The SMILES string of the molecule is CC(C)c1ccc(-c2ccccc2N(c2cccc(-c3ccccc3)c2)c2ccc3cc4c(cc3c2)oc2cc3cc(N(c5ccc(C(C)(C)C)cc5)c5ccccc5-c5ccccc5)ccc3cc24)cc1. The third-order valence-corrected chi connectivity index (χ3v) is 14.3. The maximum Gasteiger partial charge on any atom is 0.136 e. The van der Waals surface area contributed by atoms with Crippen molar-refractivity contribution in [3.05, 3.63) is 254 Å². The van der Waals surface area contributed by atoms with Gasteiger partial charge >= 0.3 is 0 Å². The predicted octanol–water partition coefficient (Wildman–Crippen LogP) is 20.3. The van der Waals surface area contributed by atoms with Crippen molar-refractivity contribution in [3.8, 4) is 33.4 Å². The van der Waals surface area contributed by atoms with E-state index in [-0.39, 0.29) is 5.41 Å². The van der Waals surface area contributed by atoms with Gasteiger partial charge in [0, 0.05) is 44.6 Å².